The van der Waals surface area contributed by atoms with Crippen LogP contribution in [0.2, 0.25) is 0 Å². The Morgan fingerprint density at radius 3 is 2.68 bits per heavy atom. The van der Waals surface area contributed by atoms with Crippen LogP contribution in [0.4, 0.5) is 21.7 Å². The molecule has 2 heterocycles. The van der Waals surface area contributed by atoms with Crippen LogP contribution in [0.15, 0.2) is 24.5 Å². The number of nitrogens with one attached hydrogen (secondary N) is 1. The highest BCUT2D eigenvalue weighted by molar-refractivity contribution is 5.98. The van der Waals surface area contributed by atoms with E-state index in [2.05, 4.69) is 15.3 Å². The summed E-state index contributed by atoms with van der Waals surface area (Å²) >= 11 is 0. The van der Waals surface area contributed by atoms with Gasteiger partial charge in [0, 0.05) is 25.8 Å². The van der Waals surface area contributed by atoms with Crippen LogP contribution in [0, 0.1) is 12.7 Å². The van der Waals surface area contributed by atoms with Gasteiger partial charge in [0.25, 0.3) is 5.91 Å². The Balaban J connectivity index is 2.49. The van der Waals surface area contributed by atoms with Crippen molar-refractivity contribution >= 4 is 23.2 Å². The van der Waals surface area contributed by atoms with Crippen molar-refractivity contribution in [1.82, 2.24) is 9.97 Å². The Bertz CT molecular complexity index is 763. The van der Waals surface area contributed by atoms with Crippen LogP contribution in [-0.4, -0.2) is 35.5 Å². The van der Waals surface area contributed by atoms with Crippen molar-refractivity contribution in [3.63, 3.8) is 0 Å². The Labute approximate surface area is 146 Å². The second-order valence-electron chi connectivity index (χ2n) is 5.84. The van der Waals surface area contributed by atoms with Crippen molar-refractivity contribution in [2.75, 3.05) is 23.8 Å². The Kier molecular flexibility index (Phi) is 5.87. The van der Waals surface area contributed by atoms with Crippen molar-refractivity contribution in [3.8, 4) is 0 Å². The molecule has 1 amide bonds. The zero-order valence-electron chi connectivity index (χ0n) is 14.6. The van der Waals surface area contributed by atoms with Gasteiger partial charge in [-0.3, -0.25) is 9.78 Å². The lowest BCUT2D eigenvalue weighted by atomic mass is 10.1. The molecule has 0 aliphatic carbocycles. The third-order valence-electron chi connectivity index (χ3n) is 3.99. The minimum atomic E-state index is -0.769. The summed E-state index contributed by atoms with van der Waals surface area (Å²) in [6.45, 7) is 4.20. The average Bonchev–Trinajstić information content (AvgIpc) is 2.57. The molecular formula is C17H23FN6O. The van der Waals surface area contributed by atoms with Gasteiger partial charge in [0.1, 0.15) is 5.82 Å². The fraction of sp³-hybridized carbons (Fsp3) is 0.353. The van der Waals surface area contributed by atoms with Crippen LogP contribution in [0.25, 0.3) is 0 Å². The summed E-state index contributed by atoms with van der Waals surface area (Å²) in [6, 6.07) is 2.85. The summed E-state index contributed by atoms with van der Waals surface area (Å²) in [5.41, 5.74) is 12.6. The molecule has 8 heteroatoms. The van der Waals surface area contributed by atoms with Gasteiger partial charge in [-0.25, -0.2) is 9.37 Å². The smallest absolute Gasteiger partial charge is 0.252 e. The minimum Gasteiger partial charge on any atom is -0.365 e. The lowest BCUT2D eigenvalue weighted by Crippen LogP contribution is -2.38. The Morgan fingerprint density at radius 2 is 2.12 bits per heavy atom. The number of hydrogen-bond donors (Lipinski definition) is 3. The first kappa shape index (κ1) is 18.6. The molecule has 0 saturated carbocycles. The van der Waals surface area contributed by atoms with Gasteiger partial charge in [0.15, 0.2) is 11.6 Å². The molecule has 7 nitrogen and oxygen atoms in total. The van der Waals surface area contributed by atoms with Crippen LogP contribution < -0.4 is 21.7 Å². The first-order chi connectivity index (χ1) is 11.9. The molecule has 1 atom stereocenters. The zero-order chi connectivity index (χ0) is 18.6. The lowest BCUT2D eigenvalue weighted by Gasteiger charge is -2.28. The number of hydrogen-bond acceptors (Lipinski definition) is 6. The maximum absolute atomic E-state index is 14.5. The molecule has 0 aromatic carbocycles. The van der Waals surface area contributed by atoms with Crippen molar-refractivity contribution in [3.05, 3.63) is 41.5 Å². The number of rotatable bonds is 7. The molecule has 0 bridgehead atoms. The summed E-state index contributed by atoms with van der Waals surface area (Å²) < 4.78 is 14.5. The highest BCUT2D eigenvalue weighted by atomic mass is 19.1. The first-order valence-electron chi connectivity index (χ1n) is 7.99. The van der Waals surface area contributed by atoms with Crippen molar-refractivity contribution < 1.29 is 9.18 Å². The predicted molar refractivity (Wildman–Crippen MR) is 96.5 cm³/mol. The molecule has 0 radical (unpaired) electrons. The van der Waals surface area contributed by atoms with Crippen molar-refractivity contribution in [2.24, 2.45) is 11.5 Å². The van der Waals surface area contributed by atoms with E-state index < -0.39 is 11.7 Å². The van der Waals surface area contributed by atoms with E-state index in [9.17, 15) is 9.18 Å². The lowest BCUT2D eigenvalue weighted by molar-refractivity contribution is 0.100. The summed E-state index contributed by atoms with van der Waals surface area (Å²) in [4.78, 5) is 21.7. The molecule has 2 aromatic heterocycles. The fourth-order valence-corrected chi connectivity index (χ4v) is 2.54. The second kappa shape index (κ2) is 7.89. The molecular weight excluding hydrogens is 323 g/mol. The quantitative estimate of drug-likeness (QED) is 0.707. The minimum absolute atomic E-state index is 0.0306. The molecule has 134 valence electrons. The van der Waals surface area contributed by atoms with E-state index in [1.807, 2.05) is 19.9 Å². The highest BCUT2D eigenvalue weighted by Crippen LogP contribution is 2.26. The van der Waals surface area contributed by atoms with E-state index in [4.69, 9.17) is 11.5 Å². The Morgan fingerprint density at radius 1 is 1.40 bits per heavy atom. The van der Waals surface area contributed by atoms with E-state index in [0.29, 0.717) is 12.2 Å². The monoisotopic (exact) mass is 346 g/mol. The highest BCUT2D eigenvalue weighted by Gasteiger charge is 2.21. The number of aromatic nitrogens is 2. The van der Waals surface area contributed by atoms with Gasteiger partial charge < -0.3 is 21.7 Å². The van der Waals surface area contributed by atoms with E-state index in [1.165, 1.54) is 0 Å². The normalized spacial score (nSPS) is 11.9. The third-order valence-corrected chi connectivity index (χ3v) is 3.99. The average molecular weight is 346 g/mol. The van der Waals surface area contributed by atoms with Gasteiger partial charge in [-0.05, 0) is 31.0 Å². The number of nitrogens with two attached hydrogens (primary N) is 2. The van der Waals surface area contributed by atoms with Gasteiger partial charge in [0.05, 0.1) is 17.4 Å². The molecule has 0 spiro atoms. The number of likely N-dealkylation sites (N-methyl/N-ethyl adjacent to an activating group) is 1. The standard InChI is InChI=1S/C17H23FN6O/c1-4-12(7-19)24(3)17-14(18)6-13(15(20)25)16(23-17)22-11-5-10(2)8-21-9-11/h5-6,8-9,12H,4,7,19H2,1-3H3,(H2,20,25)(H,22,23). The van der Waals surface area contributed by atoms with Crippen molar-refractivity contribution in [2.45, 2.75) is 26.3 Å². The maximum Gasteiger partial charge on any atom is 0.252 e. The van der Waals surface area contributed by atoms with Gasteiger partial charge in [-0.15, -0.1) is 0 Å². The van der Waals surface area contributed by atoms with Crippen LogP contribution in [-0.2, 0) is 0 Å². The number of carbonyl (C=O) groups is 1. The number of aryl methyl sites for hydroxylation is 1. The molecule has 0 aliphatic heterocycles. The number of anilines is 3. The molecule has 25 heavy (non-hydrogen) atoms. The summed E-state index contributed by atoms with van der Waals surface area (Å²) in [5.74, 6) is -1.12. The van der Waals surface area contributed by atoms with E-state index in [-0.39, 0.29) is 23.2 Å². The molecule has 1 unspecified atom stereocenters. The molecule has 0 aliphatic rings. The largest absolute Gasteiger partial charge is 0.365 e. The summed E-state index contributed by atoms with van der Waals surface area (Å²) in [6.07, 6.45) is 4.02. The first-order valence-corrected chi connectivity index (χ1v) is 7.99. The maximum atomic E-state index is 14.5. The van der Waals surface area contributed by atoms with Crippen LogP contribution >= 0.6 is 0 Å². The van der Waals surface area contributed by atoms with Gasteiger partial charge >= 0.3 is 0 Å². The van der Waals surface area contributed by atoms with Crippen LogP contribution in [0.3, 0.4) is 0 Å². The fourth-order valence-electron chi connectivity index (χ4n) is 2.54. The van der Waals surface area contributed by atoms with E-state index in [1.54, 1.807) is 24.3 Å². The number of carbonyl (C=O) groups excluding carboxylic acids is 1. The number of primary amides is 1. The molecule has 5 N–H and O–H groups in total. The van der Waals surface area contributed by atoms with Gasteiger partial charge in [-0.1, -0.05) is 6.92 Å². The number of halogens is 1. The second-order valence-corrected chi connectivity index (χ2v) is 5.84. The predicted octanol–water partition coefficient (Wildman–Crippen LogP) is 1.94. The van der Waals surface area contributed by atoms with Crippen molar-refractivity contribution in [1.29, 1.82) is 0 Å². The SMILES string of the molecule is CCC(CN)N(C)c1nc(Nc2cncc(C)c2)c(C(N)=O)cc1F. The molecule has 2 rings (SSSR count). The number of amides is 1. The molecule has 2 aromatic rings. The topological polar surface area (TPSA) is 110 Å². The van der Waals surface area contributed by atoms with Gasteiger partial charge in [0.2, 0.25) is 0 Å². The number of nitrogens with zero attached hydrogens (tertiary/aromatic N) is 3. The van der Waals surface area contributed by atoms with E-state index >= 15 is 0 Å². The van der Waals surface area contributed by atoms with Gasteiger partial charge in [-0.2, -0.15) is 0 Å². The molecule has 0 saturated heterocycles. The Hall–Kier alpha value is -2.74. The number of pyridine rings is 2. The van der Waals surface area contributed by atoms with Crippen LogP contribution in [0.5, 0.6) is 0 Å². The zero-order valence-corrected chi connectivity index (χ0v) is 14.6. The summed E-state index contributed by atoms with van der Waals surface area (Å²) in [7, 11) is 1.72. The van der Waals surface area contributed by atoms with Crippen LogP contribution in [0.1, 0.15) is 29.3 Å². The summed E-state index contributed by atoms with van der Waals surface area (Å²) in [5, 5.41) is 2.99. The van der Waals surface area contributed by atoms with E-state index in [0.717, 1.165) is 18.1 Å². The third kappa shape index (κ3) is 4.21. The molecule has 0 fully saturated rings.